The molecule has 0 aromatic rings. The third-order valence-electron chi connectivity index (χ3n) is 3.10. The van der Waals surface area contributed by atoms with Gasteiger partial charge in [0.15, 0.2) is 0 Å². The van der Waals surface area contributed by atoms with Crippen molar-refractivity contribution in [2.75, 3.05) is 13.6 Å². The van der Waals surface area contributed by atoms with Crippen molar-refractivity contribution >= 4 is 0 Å². The van der Waals surface area contributed by atoms with Gasteiger partial charge in [-0.2, -0.15) is 0 Å². The van der Waals surface area contributed by atoms with Crippen LogP contribution in [0.15, 0.2) is 0 Å². The van der Waals surface area contributed by atoms with Crippen molar-refractivity contribution in [3.05, 3.63) is 0 Å². The van der Waals surface area contributed by atoms with Gasteiger partial charge in [0, 0.05) is 0 Å². The number of hydrogen-bond acceptors (Lipinski definition) is 1. The van der Waals surface area contributed by atoms with E-state index >= 15 is 0 Å². The van der Waals surface area contributed by atoms with Crippen molar-refractivity contribution in [1.82, 2.24) is 5.32 Å². The summed E-state index contributed by atoms with van der Waals surface area (Å²) in [6.07, 6.45) is 8.67. The molecule has 0 atom stereocenters. The lowest BCUT2D eigenvalue weighted by Gasteiger charge is -2.42. The van der Waals surface area contributed by atoms with Gasteiger partial charge in [-0.15, -0.1) is 0 Å². The highest BCUT2D eigenvalue weighted by Gasteiger charge is 2.34. The fourth-order valence-corrected chi connectivity index (χ4v) is 2.22. The van der Waals surface area contributed by atoms with E-state index in [0.29, 0.717) is 0 Å². The van der Waals surface area contributed by atoms with E-state index in [0.717, 1.165) is 5.41 Å². The van der Waals surface area contributed by atoms with Crippen LogP contribution in [-0.2, 0) is 0 Å². The maximum Gasteiger partial charge on any atom is -0.00466 e. The summed E-state index contributed by atoms with van der Waals surface area (Å²) >= 11 is 0. The molecule has 1 heteroatoms. The molecule has 11 heavy (non-hydrogen) atoms. The van der Waals surface area contributed by atoms with Gasteiger partial charge in [-0.1, -0.05) is 19.8 Å². The minimum Gasteiger partial charge on any atom is -0.320 e. The van der Waals surface area contributed by atoms with Gasteiger partial charge in [-0.3, -0.25) is 0 Å². The van der Waals surface area contributed by atoms with Crippen LogP contribution >= 0.6 is 0 Å². The molecule has 0 amide bonds. The standard InChI is InChI=1S/C10H21N/c1-3-5-10(6-4-7-10)8-9-11-2/h11H,3-9H2,1-2H3. The summed E-state index contributed by atoms with van der Waals surface area (Å²) in [7, 11) is 2.05. The molecule has 0 unspecified atom stereocenters. The van der Waals surface area contributed by atoms with Crippen LogP contribution in [0.1, 0.15) is 45.4 Å². The molecule has 0 aromatic carbocycles. The first kappa shape index (κ1) is 9.05. The summed E-state index contributed by atoms with van der Waals surface area (Å²) in [6, 6.07) is 0. The largest absolute Gasteiger partial charge is 0.320 e. The molecule has 1 aliphatic rings. The SMILES string of the molecule is CCCC1(CCNC)CCC1. The molecular weight excluding hydrogens is 134 g/mol. The molecule has 0 aromatic heterocycles. The van der Waals surface area contributed by atoms with Crippen molar-refractivity contribution in [2.45, 2.75) is 45.4 Å². The zero-order chi connectivity index (χ0) is 8.16. The quantitative estimate of drug-likeness (QED) is 0.643. The second kappa shape index (κ2) is 4.10. The topological polar surface area (TPSA) is 12.0 Å². The van der Waals surface area contributed by atoms with E-state index in [1.54, 1.807) is 0 Å². The Morgan fingerprint density at radius 3 is 2.36 bits per heavy atom. The van der Waals surface area contributed by atoms with Crippen molar-refractivity contribution in [3.63, 3.8) is 0 Å². The Morgan fingerprint density at radius 2 is 2.00 bits per heavy atom. The Bertz CT molecular complexity index is 105. The molecule has 0 radical (unpaired) electrons. The molecule has 1 N–H and O–H groups in total. The van der Waals surface area contributed by atoms with Crippen molar-refractivity contribution in [1.29, 1.82) is 0 Å². The molecule has 0 heterocycles. The lowest BCUT2D eigenvalue weighted by Crippen LogP contribution is -2.32. The summed E-state index contributed by atoms with van der Waals surface area (Å²) in [5.74, 6) is 0. The number of nitrogens with one attached hydrogen (secondary N) is 1. The van der Waals surface area contributed by atoms with Crippen LogP contribution in [0.5, 0.6) is 0 Å². The van der Waals surface area contributed by atoms with Gasteiger partial charge in [0.2, 0.25) is 0 Å². The first-order valence-electron chi connectivity index (χ1n) is 4.97. The van der Waals surface area contributed by atoms with E-state index in [1.165, 1.54) is 45.1 Å². The fourth-order valence-electron chi connectivity index (χ4n) is 2.22. The Hall–Kier alpha value is -0.0400. The summed E-state index contributed by atoms with van der Waals surface area (Å²) in [4.78, 5) is 0. The Kier molecular flexibility index (Phi) is 3.38. The van der Waals surface area contributed by atoms with E-state index in [4.69, 9.17) is 0 Å². The molecule has 1 aliphatic carbocycles. The van der Waals surface area contributed by atoms with E-state index in [-0.39, 0.29) is 0 Å². The second-order valence-electron chi connectivity index (χ2n) is 3.96. The van der Waals surface area contributed by atoms with Crippen LogP contribution in [0, 0.1) is 5.41 Å². The second-order valence-corrected chi connectivity index (χ2v) is 3.96. The highest BCUT2D eigenvalue weighted by Crippen LogP contribution is 2.47. The van der Waals surface area contributed by atoms with Crippen molar-refractivity contribution in [3.8, 4) is 0 Å². The maximum atomic E-state index is 3.25. The summed E-state index contributed by atoms with van der Waals surface area (Å²) in [5.41, 5.74) is 0.762. The minimum absolute atomic E-state index is 0.762. The van der Waals surface area contributed by atoms with E-state index in [9.17, 15) is 0 Å². The maximum absolute atomic E-state index is 3.25. The molecule has 66 valence electrons. The molecule has 1 nitrogen and oxygen atoms in total. The van der Waals surface area contributed by atoms with Crippen LogP contribution in [0.3, 0.4) is 0 Å². The van der Waals surface area contributed by atoms with Gasteiger partial charge in [-0.25, -0.2) is 0 Å². The molecule has 1 saturated carbocycles. The first-order valence-corrected chi connectivity index (χ1v) is 4.97. The highest BCUT2D eigenvalue weighted by molar-refractivity contribution is 4.87. The average Bonchev–Trinajstić information content (AvgIpc) is 1.95. The average molecular weight is 155 g/mol. The Morgan fingerprint density at radius 1 is 1.27 bits per heavy atom. The molecule has 0 saturated heterocycles. The highest BCUT2D eigenvalue weighted by atomic mass is 14.8. The zero-order valence-corrected chi connectivity index (χ0v) is 7.95. The predicted octanol–water partition coefficient (Wildman–Crippen LogP) is 2.57. The van der Waals surface area contributed by atoms with Crippen LogP contribution in [-0.4, -0.2) is 13.6 Å². The zero-order valence-electron chi connectivity index (χ0n) is 7.95. The Labute approximate surface area is 70.6 Å². The summed E-state index contributed by atoms with van der Waals surface area (Å²) in [6.45, 7) is 3.51. The third-order valence-corrected chi connectivity index (χ3v) is 3.10. The van der Waals surface area contributed by atoms with Gasteiger partial charge in [0.05, 0.1) is 0 Å². The minimum atomic E-state index is 0.762. The van der Waals surface area contributed by atoms with Crippen molar-refractivity contribution in [2.24, 2.45) is 5.41 Å². The molecule has 1 fully saturated rings. The molecule has 0 spiro atoms. The van der Waals surface area contributed by atoms with Gasteiger partial charge >= 0.3 is 0 Å². The lowest BCUT2D eigenvalue weighted by atomic mass is 9.64. The fraction of sp³-hybridized carbons (Fsp3) is 1.00. The van der Waals surface area contributed by atoms with Gasteiger partial charge in [-0.05, 0) is 44.7 Å². The predicted molar refractivity (Wildman–Crippen MR) is 49.7 cm³/mol. The molecule has 0 aliphatic heterocycles. The number of rotatable bonds is 5. The number of hydrogen-bond donors (Lipinski definition) is 1. The van der Waals surface area contributed by atoms with Gasteiger partial charge in [0.25, 0.3) is 0 Å². The molecular formula is C10H21N. The smallest absolute Gasteiger partial charge is 0.00466 e. The lowest BCUT2D eigenvalue weighted by molar-refractivity contribution is 0.106. The van der Waals surface area contributed by atoms with Gasteiger partial charge in [0.1, 0.15) is 0 Å². The Balaban J connectivity index is 2.22. The molecule has 1 rings (SSSR count). The van der Waals surface area contributed by atoms with Gasteiger partial charge < -0.3 is 5.32 Å². The summed E-state index contributed by atoms with van der Waals surface area (Å²) in [5, 5.41) is 3.25. The van der Waals surface area contributed by atoms with Crippen LogP contribution in [0.4, 0.5) is 0 Å². The van der Waals surface area contributed by atoms with Crippen LogP contribution in [0.25, 0.3) is 0 Å². The van der Waals surface area contributed by atoms with E-state index in [1.807, 2.05) is 0 Å². The van der Waals surface area contributed by atoms with E-state index < -0.39 is 0 Å². The first-order chi connectivity index (χ1) is 5.33. The van der Waals surface area contributed by atoms with Crippen LogP contribution < -0.4 is 5.32 Å². The molecule has 0 bridgehead atoms. The van der Waals surface area contributed by atoms with Crippen LogP contribution in [0.2, 0.25) is 0 Å². The van der Waals surface area contributed by atoms with Crippen molar-refractivity contribution < 1.29 is 0 Å². The third kappa shape index (κ3) is 2.19. The van der Waals surface area contributed by atoms with E-state index in [2.05, 4.69) is 19.3 Å². The monoisotopic (exact) mass is 155 g/mol. The normalized spacial score (nSPS) is 21.3. The summed E-state index contributed by atoms with van der Waals surface area (Å²) < 4.78 is 0.